The van der Waals surface area contributed by atoms with Crippen LogP contribution in [0.4, 0.5) is 17.1 Å². The number of anilines is 3. The highest BCUT2D eigenvalue weighted by atomic mass is 15.1. The molecule has 0 unspecified atom stereocenters. The fourth-order valence-corrected chi connectivity index (χ4v) is 12.2. The van der Waals surface area contributed by atoms with Crippen LogP contribution >= 0.6 is 0 Å². The Hall–Kier alpha value is -9.30. The summed E-state index contributed by atoms with van der Waals surface area (Å²) in [5.74, 6) is 0. The van der Waals surface area contributed by atoms with E-state index in [0.717, 1.165) is 17.1 Å². The molecule has 0 heterocycles. The minimum absolute atomic E-state index is 0.464. The lowest BCUT2D eigenvalue weighted by Gasteiger charge is -2.34. The third-order valence-corrected chi connectivity index (χ3v) is 15.3. The van der Waals surface area contributed by atoms with Gasteiger partial charge in [0.1, 0.15) is 0 Å². The van der Waals surface area contributed by atoms with Gasteiger partial charge in [0, 0.05) is 17.1 Å². The Bertz CT molecular complexity index is 4150. The van der Waals surface area contributed by atoms with E-state index in [2.05, 4.69) is 290 Å². The second-order valence-electron chi connectivity index (χ2n) is 19.1. The molecule has 0 fully saturated rings. The number of rotatable bonds is 8. The second-order valence-corrected chi connectivity index (χ2v) is 19.1. The molecule has 0 bridgehead atoms. The molecular formula is C71H47N. The Labute approximate surface area is 420 Å². The van der Waals surface area contributed by atoms with Gasteiger partial charge in [-0.05, 0) is 158 Å². The number of nitrogens with zero attached hydrogens (tertiary/aromatic N) is 1. The van der Waals surface area contributed by atoms with E-state index in [9.17, 15) is 0 Å². The van der Waals surface area contributed by atoms with E-state index in [1.807, 2.05) is 0 Å². The van der Waals surface area contributed by atoms with Crippen molar-refractivity contribution in [3.05, 3.63) is 307 Å². The van der Waals surface area contributed by atoms with Gasteiger partial charge in [0.05, 0.1) is 5.41 Å². The van der Waals surface area contributed by atoms with Crippen LogP contribution in [0.15, 0.2) is 285 Å². The van der Waals surface area contributed by atoms with E-state index >= 15 is 0 Å². The number of fused-ring (bicyclic) bond motifs is 9. The highest BCUT2D eigenvalue weighted by Gasteiger charge is 2.46. The molecule has 13 aromatic rings. The lowest BCUT2D eigenvalue weighted by atomic mass is 9.67. The first-order chi connectivity index (χ1) is 35.7. The Balaban J connectivity index is 0.925. The Morgan fingerprint density at radius 1 is 0.236 bits per heavy atom. The molecule has 13 aromatic carbocycles. The van der Waals surface area contributed by atoms with Crippen molar-refractivity contribution in [1.29, 1.82) is 0 Å². The highest BCUT2D eigenvalue weighted by molar-refractivity contribution is 6.15. The zero-order valence-electron chi connectivity index (χ0n) is 39.6. The smallest absolute Gasteiger partial charge is 0.0713 e. The Kier molecular flexibility index (Phi) is 9.82. The van der Waals surface area contributed by atoms with Crippen LogP contribution < -0.4 is 4.90 Å². The third-order valence-electron chi connectivity index (χ3n) is 15.3. The van der Waals surface area contributed by atoms with Gasteiger partial charge in [0.2, 0.25) is 0 Å². The predicted molar refractivity (Wildman–Crippen MR) is 305 cm³/mol. The first kappa shape index (κ1) is 41.7. The fraction of sp³-hybridized carbons (Fsp3) is 0.0141. The van der Waals surface area contributed by atoms with Gasteiger partial charge in [-0.2, -0.15) is 0 Å². The summed E-state index contributed by atoms with van der Waals surface area (Å²) in [5.41, 5.74) is 17.7. The molecule has 0 saturated carbocycles. The van der Waals surface area contributed by atoms with E-state index in [4.69, 9.17) is 0 Å². The van der Waals surface area contributed by atoms with Crippen LogP contribution in [0.3, 0.4) is 0 Å². The summed E-state index contributed by atoms with van der Waals surface area (Å²) in [7, 11) is 0. The maximum absolute atomic E-state index is 2.42. The summed E-state index contributed by atoms with van der Waals surface area (Å²) in [6.07, 6.45) is 0. The van der Waals surface area contributed by atoms with E-state index in [1.54, 1.807) is 0 Å². The lowest BCUT2D eigenvalue weighted by Crippen LogP contribution is -2.28. The summed E-state index contributed by atoms with van der Waals surface area (Å²) in [6.45, 7) is 0. The van der Waals surface area contributed by atoms with Crippen molar-refractivity contribution in [2.24, 2.45) is 0 Å². The fourth-order valence-electron chi connectivity index (χ4n) is 12.2. The molecular weight excluding hydrogens is 867 g/mol. The van der Waals surface area contributed by atoms with Crippen LogP contribution in [0.2, 0.25) is 0 Å². The third kappa shape index (κ3) is 6.55. The molecule has 0 aliphatic heterocycles. The molecule has 14 rings (SSSR count). The lowest BCUT2D eigenvalue weighted by molar-refractivity contribution is 0.768. The summed E-state index contributed by atoms with van der Waals surface area (Å²) >= 11 is 0. The molecule has 0 amide bonds. The van der Waals surface area contributed by atoms with E-state index in [1.165, 1.54) is 110 Å². The van der Waals surface area contributed by atoms with Crippen LogP contribution in [0.1, 0.15) is 22.3 Å². The first-order valence-electron chi connectivity index (χ1n) is 25.0. The summed E-state index contributed by atoms with van der Waals surface area (Å²) < 4.78 is 0. The molecule has 1 heteroatoms. The van der Waals surface area contributed by atoms with Crippen LogP contribution in [0.25, 0.3) is 87.6 Å². The van der Waals surface area contributed by atoms with Crippen molar-refractivity contribution >= 4 is 60.2 Å². The molecule has 0 aromatic heterocycles. The van der Waals surface area contributed by atoms with E-state index < -0.39 is 5.41 Å². The minimum atomic E-state index is -0.464. The number of benzene rings is 13. The highest BCUT2D eigenvalue weighted by Crippen LogP contribution is 2.58. The Morgan fingerprint density at radius 3 is 1.25 bits per heavy atom. The van der Waals surface area contributed by atoms with Crippen molar-refractivity contribution in [1.82, 2.24) is 0 Å². The zero-order valence-corrected chi connectivity index (χ0v) is 39.6. The van der Waals surface area contributed by atoms with Gasteiger partial charge in [0.15, 0.2) is 0 Å². The van der Waals surface area contributed by atoms with Gasteiger partial charge in [-0.3, -0.25) is 0 Å². The average Bonchev–Trinajstić information content (AvgIpc) is 3.77. The molecule has 1 aliphatic carbocycles. The normalized spacial score (nSPS) is 12.6. The van der Waals surface area contributed by atoms with Crippen molar-refractivity contribution in [3.63, 3.8) is 0 Å². The van der Waals surface area contributed by atoms with Crippen molar-refractivity contribution in [2.45, 2.75) is 5.41 Å². The first-order valence-corrected chi connectivity index (χ1v) is 25.0. The van der Waals surface area contributed by atoms with Crippen LogP contribution in [-0.2, 0) is 5.41 Å². The molecule has 0 spiro atoms. The number of hydrogen-bond donors (Lipinski definition) is 0. The maximum atomic E-state index is 2.42. The molecule has 0 N–H and O–H groups in total. The SMILES string of the molecule is c1ccc(C2(c3ccccc3)c3ccccc3-c3c(-c4ccc(N(c5ccc(-c6cc7ccccc7c7ccccc67)cc5)c5cccc(-c6cc7ccccc7c7ccccc67)c5)cc4)cccc32)cc1. The maximum Gasteiger partial charge on any atom is 0.0713 e. The molecule has 336 valence electrons. The monoisotopic (exact) mass is 913 g/mol. The molecule has 0 radical (unpaired) electrons. The quantitative estimate of drug-likeness (QED) is 0.137. The van der Waals surface area contributed by atoms with Gasteiger partial charge in [-0.25, -0.2) is 0 Å². The number of hydrogen-bond acceptors (Lipinski definition) is 1. The van der Waals surface area contributed by atoms with E-state index in [-0.39, 0.29) is 0 Å². The molecule has 0 saturated heterocycles. The minimum Gasteiger partial charge on any atom is -0.310 e. The van der Waals surface area contributed by atoms with Gasteiger partial charge < -0.3 is 4.90 Å². The van der Waals surface area contributed by atoms with Gasteiger partial charge in [-0.15, -0.1) is 0 Å². The molecule has 1 nitrogen and oxygen atoms in total. The standard InChI is InChI=1S/C71H47N/c1-3-22-53(23-4-1)71(54-24-5-2-6-25-54)68-35-16-15-33-65(68)70-60(34-18-36-69(70)71)48-37-41-55(42-38-48)72(56-43-39-49(40-44-56)66-46-51-19-7-9-27-58(51)61-29-11-13-31-63(61)66)57-26-17-21-50(45-57)67-47-52-20-8-10-28-59(52)62-30-12-14-32-64(62)67/h1-47H. The zero-order chi connectivity index (χ0) is 47.6. The van der Waals surface area contributed by atoms with Crippen molar-refractivity contribution in [2.75, 3.05) is 4.90 Å². The molecule has 72 heavy (non-hydrogen) atoms. The summed E-state index contributed by atoms with van der Waals surface area (Å²) in [6, 6.07) is 105. The van der Waals surface area contributed by atoms with Gasteiger partial charge in [-0.1, -0.05) is 237 Å². The van der Waals surface area contributed by atoms with Crippen LogP contribution in [0, 0.1) is 0 Å². The van der Waals surface area contributed by atoms with Crippen molar-refractivity contribution < 1.29 is 0 Å². The average molecular weight is 914 g/mol. The summed E-state index contributed by atoms with van der Waals surface area (Å²) in [5, 5.41) is 10.1. The second kappa shape index (κ2) is 17.0. The largest absolute Gasteiger partial charge is 0.310 e. The van der Waals surface area contributed by atoms with Crippen LogP contribution in [0.5, 0.6) is 0 Å². The van der Waals surface area contributed by atoms with Crippen LogP contribution in [-0.4, -0.2) is 0 Å². The topological polar surface area (TPSA) is 3.24 Å². The van der Waals surface area contributed by atoms with E-state index in [0.29, 0.717) is 0 Å². The molecule has 0 atom stereocenters. The molecule has 1 aliphatic rings. The predicted octanol–water partition coefficient (Wildman–Crippen LogP) is 19.1. The van der Waals surface area contributed by atoms with Crippen molar-refractivity contribution in [3.8, 4) is 44.5 Å². The Morgan fingerprint density at radius 2 is 0.667 bits per heavy atom. The summed E-state index contributed by atoms with van der Waals surface area (Å²) in [4.78, 5) is 2.42. The van der Waals surface area contributed by atoms with Gasteiger partial charge in [0.25, 0.3) is 0 Å². The van der Waals surface area contributed by atoms with Gasteiger partial charge >= 0.3 is 0 Å².